The van der Waals surface area contributed by atoms with Crippen molar-refractivity contribution in [3.05, 3.63) is 48.5 Å². The predicted molar refractivity (Wildman–Crippen MR) is 62.1 cm³/mol. The van der Waals surface area contributed by atoms with Crippen molar-refractivity contribution in [2.75, 3.05) is 0 Å². The minimum Gasteiger partial charge on any atom is -1.00 e. The first kappa shape index (κ1) is 9.88. The van der Waals surface area contributed by atoms with Gasteiger partial charge < -0.3 is 1.43 Å². The summed E-state index contributed by atoms with van der Waals surface area (Å²) < 4.78 is 0. The first-order chi connectivity index (χ1) is 6.45. The molecule has 0 fully saturated rings. The van der Waals surface area contributed by atoms with Crippen LogP contribution in [0.25, 0.3) is 21.0 Å². The summed E-state index contributed by atoms with van der Waals surface area (Å²) in [5, 5.41) is 5.83. The van der Waals surface area contributed by atoms with Crippen molar-refractivity contribution in [1.82, 2.24) is 0 Å². The summed E-state index contributed by atoms with van der Waals surface area (Å²) in [5.74, 6) is 0. The van der Waals surface area contributed by atoms with Crippen LogP contribution in [0, 0.1) is 0 Å². The van der Waals surface area contributed by atoms with E-state index in [9.17, 15) is 0 Å². The third kappa shape index (κ3) is 1.41. The summed E-state index contributed by atoms with van der Waals surface area (Å²) in [7, 11) is 0.851. The Kier molecular flexibility index (Phi) is 2.70. The van der Waals surface area contributed by atoms with Gasteiger partial charge >= 0.3 is 18.9 Å². The van der Waals surface area contributed by atoms with Crippen LogP contribution in [0.2, 0.25) is 0 Å². The Morgan fingerprint density at radius 2 is 1.14 bits per heavy atom. The Labute approximate surface area is 98.1 Å². The standard InChI is InChI=1S/C12H9P.Li.H/c1-3-7-11-9(5-1)10-6-2-4-8-12(10)13-11;;/h1-8,13H;;/q;+1;-1. The van der Waals surface area contributed by atoms with Crippen molar-refractivity contribution in [3.8, 4) is 0 Å². The summed E-state index contributed by atoms with van der Waals surface area (Å²) in [6, 6.07) is 17.4. The van der Waals surface area contributed by atoms with E-state index in [2.05, 4.69) is 48.5 Å². The summed E-state index contributed by atoms with van der Waals surface area (Å²) >= 11 is 0. The second-order valence-corrected chi connectivity index (χ2v) is 4.54. The molecule has 0 atom stereocenters. The maximum atomic E-state index is 2.23. The monoisotopic (exact) mass is 192 g/mol. The number of benzene rings is 2. The van der Waals surface area contributed by atoms with Crippen LogP contribution in [0.15, 0.2) is 48.5 Å². The van der Waals surface area contributed by atoms with Crippen LogP contribution < -0.4 is 18.9 Å². The van der Waals surface area contributed by atoms with E-state index in [-0.39, 0.29) is 20.3 Å². The van der Waals surface area contributed by atoms with E-state index < -0.39 is 0 Å². The first-order valence-electron chi connectivity index (χ1n) is 4.40. The number of fused-ring (bicyclic) bond motifs is 3. The van der Waals surface area contributed by atoms with Crippen molar-refractivity contribution in [1.29, 1.82) is 0 Å². The quantitative estimate of drug-likeness (QED) is 0.468. The molecule has 0 saturated heterocycles. The molecule has 0 aliphatic carbocycles. The largest absolute Gasteiger partial charge is 1.00 e. The maximum Gasteiger partial charge on any atom is 1.00 e. The van der Waals surface area contributed by atoms with E-state index in [0.29, 0.717) is 0 Å². The molecule has 0 aliphatic heterocycles. The van der Waals surface area contributed by atoms with Gasteiger partial charge in [0.2, 0.25) is 0 Å². The topological polar surface area (TPSA) is 0 Å². The fraction of sp³-hybridized carbons (Fsp3) is 0. The molecule has 0 spiro atoms. The van der Waals surface area contributed by atoms with Gasteiger partial charge in [-0.05, 0) is 21.0 Å². The van der Waals surface area contributed by atoms with Gasteiger partial charge in [0.1, 0.15) is 0 Å². The molecule has 64 valence electrons. The van der Waals surface area contributed by atoms with E-state index in [1.165, 1.54) is 21.0 Å². The first-order valence-corrected chi connectivity index (χ1v) is 5.40. The molecule has 3 aromatic rings. The zero-order chi connectivity index (χ0) is 8.67. The smallest absolute Gasteiger partial charge is 1.00 e. The summed E-state index contributed by atoms with van der Waals surface area (Å²) in [4.78, 5) is 0. The van der Waals surface area contributed by atoms with Gasteiger partial charge in [0.05, 0.1) is 0 Å². The SMILES string of the molecule is [H-].[Li+].c1ccc2c(c1)[pH]c1ccccc12. The Hall–Kier alpha value is -0.663. The zero-order valence-corrected chi connectivity index (χ0v) is 9.12. The molecule has 0 aliphatic rings. The van der Waals surface area contributed by atoms with Crippen molar-refractivity contribution in [3.63, 3.8) is 0 Å². The minimum atomic E-state index is 0. The van der Waals surface area contributed by atoms with Crippen molar-refractivity contribution >= 4 is 29.2 Å². The average Bonchev–Trinajstić information content (AvgIpc) is 2.56. The second kappa shape index (κ2) is 3.83. The molecule has 0 radical (unpaired) electrons. The number of hydrogen-bond donors (Lipinski definition) is 0. The third-order valence-electron chi connectivity index (χ3n) is 2.41. The molecule has 2 aromatic carbocycles. The Morgan fingerprint density at radius 1 is 0.714 bits per heavy atom. The maximum absolute atomic E-state index is 2.23. The zero-order valence-electron chi connectivity index (χ0n) is 9.12. The fourth-order valence-corrected chi connectivity index (χ4v) is 3.15. The number of hydrogen-bond acceptors (Lipinski definition) is 0. The van der Waals surface area contributed by atoms with Gasteiger partial charge in [-0.2, -0.15) is 0 Å². The molecule has 0 nitrogen and oxygen atoms in total. The second-order valence-electron chi connectivity index (χ2n) is 3.22. The van der Waals surface area contributed by atoms with Crippen molar-refractivity contribution < 1.29 is 20.3 Å². The Bertz CT molecular complexity index is 523. The molecule has 0 bridgehead atoms. The van der Waals surface area contributed by atoms with Gasteiger partial charge in [0.25, 0.3) is 0 Å². The Balaban J connectivity index is 0.000000562. The molecule has 0 N–H and O–H groups in total. The molecular formula is C12H10LiP. The van der Waals surface area contributed by atoms with Crippen LogP contribution in [-0.2, 0) is 0 Å². The van der Waals surface area contributed by atoms with E-state index in [1.54, 1.807) is 0 Å². The summed E-state index contributed by atoms with van der Waals surface area (Å²) in [5.41, 5.74) is 0. The van der Waals surface area contributed by atoms with Crippen LogP contribution in [-0.4, -0.2) is 0 Å². The van der Waals surface area contributed by atoms with Gasteiger partial charge in [-0.1, -0.05) is 48.5 Å². The molecule has 3 rings (SSSR count). The van der Waals surface area contributed by atoms with E-state index in [1.807, 2.05) is 0 Å². The molecule has 14 heavy (non-hydrogen) atoms. The van der Waals surface area contributed by atoms with Gasteiger partial charge in [0.15, 0.2) is 0 Å². The van der Waals surface area contributed by atoms with Crippen LogP contribution in [0.4, 0.5) is 0 Å². The van der Waals surface area contributed by atoms with Gasteiger partial charge in [-0.25, -0.2) is 0 Å². The Morgan fingerprint density at radius 3 is 1.64 bits per heavy atom. The average molecular weight is 192 g/mol. The molecule has 0 saturated carbocycles. The third-order valence-corrected chi connectivity index (χ3v) is 3.82. The van der Waals surface area contributed by atoms with E-state index in [4.69, 9.17) is 0 Å². The van der Waals surface area contributed by atoms with Crippen LogP contribution in [0.5, 0.6) is 0 Å². The summed E-state index contributed by atoms with van der Waals surface area (Å²) in [6.07, 6.45) is 0. The molecule has 0 unspecified atom stereocenters. The van der Waals surface area contributed by atoms with Crippen LogP contribution in [0.3, 0.4) is 0 Å². The van der Waals surface area contributed by atoms with E-state index in [0.717, 1.165) is 8.19 Å². The van der Waals surface area contributed by atoms with E-state index >= 15 is 0 Å². The fourth-order valence-electron chi connectivity index (χ4n) is 1.80. The normalized spacial score (nSPS) is 10.3. The van der Waals surface area contributed by atoms with Gasteiger partial charge in [-0.3, -0.25) is 0 Å². The van der Waals surface area contributed by atoms with Gasteiger partial charge in [-0.15, -0.1) is 8.19 Å². The molecule has 1 aromatic heterocycles. The van der Waals surface area contributed by atoms with Crippen molar-refractivity contribution in [2.24, 2.45) is 0 Å². The molecule has 0 amide bonds. The van der Waals surface area contributed by atoms with Crippen LogP contribution >= 0.6 is 8.19 Å². The predicted octanol–water partition coefficient (Wildman–Crippen LogP) is 1.14. The number of rotatable bonds is 0. The molecule has 2 heteroatoms. The van der Waals surface area contributed by atoms with Gasteiger partial charge in [0, 0.05) is 0 Å². The molecule has 1 heterocycles. The van der Waals surface area contributed by atoms with Crippen LogP contribution in [0.1, 0.15) is 1.43 Å². The summed E-state index contributed by atoms with van der Waals surface area (Å²) in [6.45, 7) is 0. The van der Waals surface area contributed by atoms with Crippen molar-refractivity contribution in [2.45, 2.75) is 0 Å². The molecular weight excluding hydrogens is 182 g/mol. The minimum absolute atomic E-state index is 0.